The molecule has 0 aromatic carbocycles. The van der Waals surface area contributed by atoms with Crippen molar-refractivity contribution in [3.05, 3.63) is 34.4 Å². The molecular weight excluding hydrogens is 162 g/mol. The van der Waals surface area contributed by atoms with Gasteiger partial charge < -0.3 is 14.9 Å². The first-order chi connectivity index (χ1) is 1.41. The standard InChI is InChI=1S/C3H5.2CH3.B.Zr/c1-3-2;;;;/h3H,1-2H2;2*1H3;;/q3*-1;;+3. The Balaban J connectivity index is -0.00000000333. The maximum absolute atomic E-state index is 3.25. The molecule has 0 aromatic heterocycles. The summed E-state index contributed by atoms with van der Waals surface area (Å²) < 4.78 is 0. The van der Waals surface area contributed by atoms with Crippen molar-refractivity contribution in [3.8, 4) is 0 Å². The van der Waals surface area contributed by atoms with Crippen molar-refractivity contribution in [2.75, 3.05) is 0 Å². The molecule has 0 aliphatic heterocycles. The molecule has 0 nitrogen and oxygen atoms in total. The molecule has 0 saturated heterocycles. The Kier molecular flexibility index (Phi) is 592. The quantitative estimate of drug-likeness (QED) is 0.385. The molecule has 7 heavy (non-hydrogen) atoms. The van der Waals surface area contributed by atoms with Crippen LogP contribution in [0, 0.1) is 21.8 Å². The molecule has 0 saturated carbocycles. The first-order valence-electron chi connectivity index (χ1n) is 0.816. The minimum atomic E-state index is 0. The molecule has 0 spiro atoms. The summed E-state index contributed by atoms with van der Waals surface area (Å²) in [7, 11) is 0. The van der Waals surface area contributed by atoms with Gasteiger partial charge in [0.25, 0.3) is 0 Å². The normalized spacial score (nSPS) is 1.71. The van der Waals surface area contributed by atoms with Gasteiger partial charge in [-0.25, -0.2) is 19.6 Å². The van der Waals surface area contributed by atoms with Crippen molar-refractivity contribution in [1.29, 1.82) is 0 Å². The third kappa shape index (κ3) is 438. The van der Waals surface area contributed by atoms with Gasteiger partial charge in [0, 0.05) is 8.41 Å². The maximum atomic E-state index is 3.25. The van der Waals surface area contributed by atoms with Crippen molar-refractivity contribution >= 4 is 8.41 Å². The number of hydrogen-bond acceptors (Lipinski definition) is 0. The molecule has 0 N–H and O–H groups in total. The molecule has 0 heterocycles. The second-order valence-corrected chi connectivity index (χ2v) is 0.289. The molecule has 0 bridgehead atoms. The summed E-state index contributed by atoms with van der Waals surface area (Å²) >= 11 is 0. The topological polar surface area (TPSA) is 0 Å². The molecule has 0 aliphatic carbocycles. The minimum absolute atomic E-state index is 0. The number of allylic oxidation sites excluding steroid dienone is 1. The van der Waals surface area contributed by atoms with Crippen LogP contribution in [0.25, 0.3) is 0 Å². The smallest absolute Gasteiger partial charge is 0.358 e. The fourth-order valence-corrected chi connectivity index (χ4v) is 0. The van der Waals surface area contributed by atoms with Gasteiger partial charge in [-0.3, -0.25) is 0 Å². The van der Waals surface area contributed by atoms with Gasteiger partial charge in [0.2, 0.25) is 0 Å². The van der Waals surface area contributed by atoms with E-state index < -0.39 is 0 Å². The summed E-state index contributed by atoms with van der Waals surface area (Å²) in [6.07, 6.45) is 1.50. The van der Waals surface area contributed by atoms with Crippen LogP contribution < -0.4 is 0 Å². The molecule has 0 aliphatic rings. The van der Waals surface area contributed by atoms with E-state index in [9.17, 15) is 0 Å². The average molecular weight is 173 g/mol. The van der Waals surface area contributed by atoms with E-state index in [0.717, 1.165) is 0 Å². The van der Waals surface area contributed by atoms with Crippen LogP contribution >= 0.6 is 0 Å². The second-order valence-electron chi connectivity index (χ2n) is 0.289. The first-order valence-corrected chi connectivity index (χ1v) is 0.816. The van der Waals surface area contributed by atoms with Crippen LogP contribution in [0.15, 0.2) is 12.7 Å². The number of hydrogen-bond donors (Lipinski definition) is 0. The van der Waals surface area contributed by atoms with Gasteiger partial charge in [-0.2, -0.15) is 0 Å². The van der Waals surface area contributed by atoms with Crippen LogP contribution in [-0.4, -0.2) is 8.41 Å². The molecule has 4 radical (unpaired) electrons. The van der Waals surface area contributed by atoms with Gasteiger partial charge in [-0.15, -0.1) is 0 Å². The summed E-state index contributed by atoms with van der Waals surface area (Å²) in [5, 5.41) is 0. The molecule has 0 fully saturated rings. The largest absolute Gasteiger partial charge is 3.00 e. The van der Waals surface area contributed by atoms with Gasteiger partial charge in [0.1, 0.15) is 0 Å². The summed E-state index contributed by atoms with van der Waals surface area (Å²) in [6.45, 7) is 6.50. The summed E-state index contributed by atoms with van der Waals surface area (Å²) in [5.74, 6) is 0. The van der Waals surface area contributed by atoms with Crippen LogP contribution in [0.5, 0.6) is 0 Å². The van der Waals surface area contributed by atoms with E-state index in [0.29, 0.717) is 0 Å². The van der Waals surface area contributed by atoms with Crippen molar-refractivity contribution < 1.29 is 26.2 Å². The van der Waals surface area contributed by atoms with Crippen LogP contribution in [0.3, 0.4) is 0 Å². The average Bonchev–Trinajstić information content (AvgIpc) is 0.918. The Labute approximate surface area is 69.1 Å². The summed E-state index contributed by atoms with van der Waals surface area (Å²) in [5.41, 5.74) is 0. The minimum Gasteiger partial charge on any atom is -0.358 e. The first kappa shape index (κ1) is 49.7. The predicted molar refractivity (Wildman–Crippen MR) is 34.1 cm³/mol. The maximum Gasteiger partial charge on any atom is 3.00 e. The predicted octanol–water partition coefficient (Wildman–Crippen LogP) is 1.52. The molecule has 0 amide bonds. The second kappa shape index (κ2) is 83.5. The third-order valence-electron chi connectivity index (χ3n) is 0. The van der Waals surface area contributed by atoms with Crippen molar-refractivity contribution in [2.45, 2.75) is 0 Å². The molecule has 0 atom stereocenters. The van der Waals surface area contributed by atoms with Crippen LogP contribution in [0.2, 0.25) is 0 Å². The van der Waals surface area contributed by atoms with Gasteiger partial charge >= 0.3 is 26.2 Å². The van der Waals surface area contributed by atoms with Gasteiger partial charge in [0.05, 0.1) is 0 Å². The zero-order valence-electron chi connectivity index (χ0n) is 5.07. The Morgan fingerprint density at radius 3 is 1.29 bits per heavy atom. The van der Waals surface area contributed by atoms with E-state index in [1.54, 1.807) is 0 Å². The third-order valence-corrected chi connectivity index (χ3v) is 0. The fraction of sp³-hybridized carbons (Fsp3) is 0. The Hall–Kier alpha value is 0.558. The molecule has 0 unspecified atom stereocenters. The van der Waals surface area contributed by atoms with Crippen molar-refractivity contribution in [2.24, 2.45) is 0 Å². The van der Waals surface area contributed by atoms with Crippen LogP contribution in [-0.2, 0) is 26.2 Å². The van der Waals surface area contributed by atoms with Gasteiger partial charge in [0.15, 0.2) is 0 Å². The van der Waals surface area contributed by atoms with Crippen molar-refractivity contribution in [3.63, 3.8) is 0 Å². The van der Waals surface area contributed by atoms with E-state index in [1.807, 2.05) is 0 Å². The zero-order valence-corrected chi connectivity index (χ0v) is 7.53. The van der Waals surface area contributed by atoms with Crippen molar-refractivity contribution in [1.82, 2.24) is 0 Å². The monoisotopic (exact) mass is 172 g/mol. The summed E-state index contributed by atoms with van der Waals surface area (Å²) in [6, 6.07) is 0. The Morgan fingerprint density at radius 2 is 1.29 bits per heavy atom. The molecule has 0 aromatic rings. The number of rotatable bonds is 0. The van der Waals surface area contributed by atoms with E-state index in [4.69, 9.17) is 0 Å². The fourth-order valence-electron chi connectivity index (χ4n) is 0. The van der Waals surface area contributed by atoms with E-state index >= 15 is 0 Å². The van der Waals surface area contributed by atoms with Crippen LogP contribution in [0.1, 0.15) is 0 Å². The molecule has 0 rings (SSSR count). The zero-order chi connectivity index (χ0) is 2.71. The molecular formula is C5H11BZr. The van der Waals surface area contributed by atoms with E-state index in [1.165, 1.54) is 6.08 Å². The summed E-state index contributed by atoms with van der Waals surface area (Å²) in [4.78, 5) is 0. The van der Waals surface area contributed by atoms with Crippen LogP contribution in [0.4, 0.5) is 0 Å². The van der Waals surface area contributed by atoms with Gasteiger partial charge in [-0.1, -0.05) is 0 Å². The Morgan fingerprint density at radius 1 is 1.29 bits per heavy atom. The van der Waals surface area contributed by atoms with Gasteiger partial charge in [-0.05, 0) is 0 Å². The molecule has 38 valence electrons. The van der Waals surface area contributed by atoms with E-state index in [2.05, 4.69) is 13.5 Å². The SMILES string of the molecule is C=C[CH2-].[B].[CH3-].[CH3-].[Zr+3]. The van der Waals surface area contributed by atoms with E-state index in [-0.39, 0.29) is 49.5 Å². The molecule has 2 heteroatoms. The Bertz CT molecular complexity index is 15.6.